The van der Waals surface area contributed by atoms with Crippen LogP contribution in [0.2, 0.25) is 0 Å². The molecule has 0 bridgehead atoms. The zero-order valence-electron chi connectivity index (χ0n) is 14.7. The highest BCUT2D eigenvalue weighted by atomic mass is 79.9. The van der Waals surface area contributed by atoms with Gasteiger partial charge in [0, 0.05) is 47.5 Å². The number of halogens is 1. The van der Waals surface area contributed by atoms with Crippen molar-refractivity contribution >= 4 is 39.0 Å². The lowest BCUT2D eigenvalue weighted by Crippen LogP contribution is -2.38. The first kappa shape index (κ1) is 19.1. The topological polar surface area (TPSA) is 97.6 Å². The summed E-state index contributed by atoms with van der Waals surface area (Å²) in [5.74, 6) is 0.641. The Bertz CT molecular complexity index is 836. The number of benzene rings is 1. The molecule has 3 rings (SSSR count). The van der Waals surface area contributed by atoms with E-state index in [9.17, 15) is 14.9 Å². The SMILES string of the molecule is COc1cc(N2CCC(C(=O)Nc3ccc(Br)cn3)CC2)ccc1[N+](=O)[O-]. The number of amides is 1. The molecular formula is C18H19BrN4O4. The van der Waals surface area contributed by atoms with Gasteiger partial charge in [0.2, 0.25) is 5.91 Å². The minimum absolute atomic E-state index is 0.0363. The van der Waals surface area contributed by atoms with E-state index in [1.807, 2.05) is 6.07 Å². The lowest BCUT2D eigenvalue weighted by molar-refractivity contribution is -0.385. The Balaban J connectivity index is 1.60. The number of carbonyl (C=O) groups is 1. The second kappa shape index (κ2) is 8.34. The van der Waals surface area contributed by atoms with E-state index < -0.39 is 4.92 Å². The Hall–Kier alpha value is -2.68. The third kappa shape index (κ3) is 4.54. The van der Waals surface area contributed by atoms with Crippen molar-refractivity contribution in [3.8, 4) is 5.75 Å². The number of nitro groups is 1. The third-order valence-corrected chi connectivity index (χ3v) is 5.04. The molecule has 8 nitrogen and oxygen atoms in total. The summed E-state index contributed by atoms with van der Waals surface area (Å²) >= 11 is 3.31. The average molecular weight is 435 g/mol. The van der Waals surface area contributed by atoms with Gasteiger partial charge in [0.05, 0.1) is 12.0 Å². The van der Waals surface area contributed by atoms with Gasteiger partial charge in [-0.3, -0.25) is 14.9 Å². The van der Waals surface area contributed by atoms with Crippen molar-refractivity contribution in [2.45, 2.75) is 12.8 Å². The van der Waals surface area contributed by atoms with Crippen molar-refractivity contribution in [2.75, 3.05) is 30.4 Å². The van der Waals surface area contributed by atoms with E-state index in [4.69, 9.17) is 4.74 Å². The second-order valence-corrected chi connectivity index (χ2v) is 7.14. The van der Waals surface area contributed by atoms with Crippen molar-refractivity contribution in [1.29, 1.82) is 0 Å². The maximum atomic E-state index is 12.4. The van der Waals surface area contributed by atoms with Crippen LogP contribution < -0.4 is 15.0 Å². The van der Waals surface area contributed by atoms with Crippen LogP contribution in [0.25, 0.3) is 0 Å². The van der Waals surface area contributed by atoms with Gasteiger partial charge in [-0.2, -0.15) is 0 Å². The summed E-state index contributed by atoms with van der Waals surface area (Å²) in [5.41, 5.74) is 0.795. The second-order valence-electron chi connectivity index (χ2n) is 6.23. The van der Waals surface area contributed by atoms with Crippen LogP contribution >= 0.6 is 15.9 Å². The number of hydrogen-bond acceptors (Lipinski definition) is 6. The standard InChI is InChI=1S/C18H19BrN4O4/c1-27-16-10-14(3-4-15(16)23(25)26)22-8-6-12(7-9-22)18(24)21-17-5-2-13(19)11-20-17/h2-5,10-12H,6-9H2,1H3,(H,20,21,24). The van der Waals surface area contributed by atoms with Gasteiger partial charge in [0.25, 0.3) is 0 Å². The van der Waals surface area contributed by atoms with Gasteiger partial charge >= 0.3 is 5.69 Å². The molecule has 27 heavy (non-hydrogen) atoms. The van der Waals surface area contributed by atoms with E-state index in [2.05, 4.69) is 31.1 Å². The first-order valence-corrected chi connectivity index (χ1v) is 9.27. The zero-order valence-corrected chi connectivity index (χ0v) is 16.3. The van der Waals surface area contributed by atoms with Gasteiger partial charge < -0.3 is 15.0 Å². The number of rotatable bonds is 5. The molecule has 0 unspecified atom stereocenters. The predicted molar refractivity (Wildman–Crippen MR) is 105 cm³/mol. The number of anilines is 2. The summed E-state index contributed by atoms with van der Waals surface area (Å²) in [6.07, 6.45) is 3.03. The number of nitrogens with zero attached hydrogens (tertiary/aromatic N) is 3. The number of carbonyl (C=O) groups excluding carboxylic acids is 1. The molecule has 0 saturated carbocycles. The summed E-state index contributed by atoms with van der Waals surface area (Å²) in [6, 6.07) is 8.41. The normalized spacial score (nSPS) is 14.7. The monoisotopic (exact) mass is 434 g/mol. The summed E-state index contributed by atoms with van der Waals surface area (Å²) in [4.78, 5) is 29.3. The molecule has 0 atom stereocenters. The largest absolute Gasteiger partial charge is 0.490 e. The third-order valence-electron chi connectivity index (χ3n) is 4.57. The van der Waals surface area contributed by atoms with Crippen LogP contribution in [0, 0.1) is 16.0 Å². The van der Waals surface area contributed by atoms with Gasteiger partial charge in [-0.05, 0) is 47.0 Å². The lowest BCUT2D eigenvalue weighted by Gasteiger charge is -2.33. The maximum absolute atomic E-state index is 12.4. The highest BCUT2D eigenvalue weighted by Crippen LogP contribution is 2.33. The van der Waals surface area contributed by atoms with Gasteiger partial charge in [0.1, 0.15) is 5.82 Å². The lowest BCUT2D eigenvalue weighted by atomic mass is 9.95. The fourth-order valence-corrected chi connectivity index (χ4v) is 3.33. The summed E-state index contributed by atoms with van der Waals surface area (Å²) in [5, 5.41) is 13.9. The predicted octanol–water partition coefficient (Wildman–Crippen LogP) is 3.62. The number of nitro benzene ring substituents is 1. The van der Waals surface area contributed by atoms with E-state index in [-0.39, 0.29) is 23.3 Å². The molecule has 1 aromatic carbocycles. The zero-order chi connectivity index (χ0) is 19.4. The Morgan fingerprint density at radius 1 is 1.33 bits per heavy atom. The molecule has 2 aromatic rings. The summed E-state index contributed by atoms with van der Waals surface area (Å²) < 4.78 is 5.98. The highest BCUT2D eigenvalue weighted by molar-refractivity contribution is 9.10. The number of pyridine rings is 1. The molecule has 9 heteroatoms. The fraction of sp³-hybridized carbons (Fsp3) is 0.333. The Labute approximate surface area is 164 Å². The molecule has 0 spiro atoms. The van der Waals surface area contributed by atoms with Crippen molar-refractivity contribution in [3.05, 3.63) is 51.1 Å². The van der Waals surface area contributed by atoms with Crippen LogP contribution in [0.5, 0.6) is 5.75 Å². The van der Waals surface area contributed by atoms with E-state index in [0.29, 0.717) is 31.7 Å². The van der Waals surface area contributed by atoms with E-state index in [0.717, 1.165) is 10.2 Å². The summed E-state index contributed by atoms with van der Waals surface area (Å²) in [6.45, 7) is 1.37. The van der Waals surface area contributed by atoms with Gasteiger partial charge in [0.15, 0.2) is 5.75 Å². The molecule has 0 aliphatic carbocycles. The van der Waals surface area contributed by atoms with Gasteiger partial charge in [-0.1, -0.05) is 0 Å². The highest BCUT2D eigenvalue weighted by Gasteiger charge is 2.26. The van der Waals surface area contributed by atoms with Crippen LogP contribution in [0.1, 0.15) is 12.8 Å². The minimum Gasteiger partial charge on any atom is -0.490 e. The number of ether oxygens (including phenoxy) is 1. The number of piperidine rings is 1. The molecule has 1 fully saturated rings. The van der Waals surface area contributed by atoms with Crippen molar-refractivity contribution in [2.24, 2.45) is 5.92 Å². The average Bonchev–Trinajstić information content (AvgIpc) is 2.69. The minimum atomic E-state index is -0.463. The van der Waals surface area contributed by atoms with Crippen LogP contribution in [0.15, 0.2) is 41.0 Å². The fourth-order valence-electron chi connectivity index (χ4n) is 3.09. The Morgan fingerprint density at radius 2 is 2.07 bits per heavy atom. The number of hydrogen-bond donors (Lipinski definition) is 1. The van der Waals surface area contributed by atoms with Gasteiger partial charge in [-0.15, -0.1) is 0 Å². The molecule has 0 radical (unpaired) electrons. The van der Waals surface area contributed by atoms with Gasteiger partial charge in [-0.25, -0.2) is 4.98 Å². The first-order chi connectivity index (χ1) is 13.0. The molecule has 1 amide bonds. The molecular weight excluding hydrogens is 416 g/mol. The molecule has 1 aromatic heterocycles. The van der Waals surface area contributed by atoms with Crippen LogP contribution in [-0.4, -0.2) is 36.0 Å². The number of aromatic nitrogens is 1. The number of methoxy groups -OCH3 is 1. The quantitative estimate of drug-likeness (QED) is 0.569. The van der Waals surface area contributed by atoms with Crippen LogP contribution in [-0.2, 0) is 4.79 Å². The summed E-state index contributed by atoms with van der Waals surface area (Å²) in [7, 11) is 1.42. The number of nitrogens with one attached hydrogen (secondary N) is 1. The Kier molecular flexibility index (Phi) is 5.90. The Morgan fingerprint density at radius 3 is 2.67 bits per heavy atom. The van der Waals surface area contributed by atoms with E-state index in [1.165, 1.54) is 13.2 Å². The van der Waals surface area contributed by atoms with Crippen LogP contribution in [0.4, 0.5) is 17.2 Å². The van der Waals surface area contributed by atoms with Crippen LogP contribution in [0.3, 0.4) is 0 Å². The maximum Gasteiger partial charge on any atom is 0.311 e. The van der Waals surface area contributed by atoms with Crippen molar-refractivity contribution < 1.29 is 14.5 Å². The molecule has 142 valence electrons. The van der Waals surface area contributed by atoms with Crippen molar-refractivity contribution in [1.82, 2.24) is 4.98 Å². The molecule has 1 saturated heterocycles. The van der Waals surface area contributed by atoms with E-state index in [1.54, 1.807) is 24.4 Å². The molecule has 1 aliphatic rings. The smallest absolute Gasteiger partial charge is 0.311 e. The van der Waals surface area contributed by atoms with Crippen molar-refractivity contribution in [3.63, 3.8) is 0 Å². The molecule has 1 N–H and O–H groups in total. The van der Waals surface area contributed by atoms with E-state index >= 15 is 0 Å². The molecule has 1 aliphatic heterocycles. The molecule has 2 heterocycles. The first-order valence-electron chi connectivity index (χ1n) is 8.47.